The minimum absolute atomic E-state index is 0.0428. The lowest BCUT2D eigenvalue weighted by atomic mass is 9.74. The van der Waals surface area contributed by atoms with E-state index < -0.39 is 0 Å². The van der Waals surface area contributed by atoms with Crippen molar-refractivity contribution in [2.45, 2.75) is 39.7 Å². The van der Waals surface area contributed by atoms with Crippen LogP contribution in [0.2, 0.25) is 0 Å². The van der Waals surface area contributed by atoms with Crippen LogP contribution in [-0.2, 0) is 6.42 Å². The fourth-order valence-electron chi connectivity index (χ4n) is 4.47. The number of halogens is 1. The predicted molar refractivity (Wildman–Crippen MR) is 114 cm³/mol. The minimum atomic E-state index is -0.284. The van der Waals surface area contributed by atoms with Gasteiger partial charge in [-0.1, -0.05) is 13.8 Å². The number of hydrogen-bond donors (Lipinski definition) is 1. The van der Waals surface area contributed by atoms with E-state index >= 15 is 0 Å². The lowest BCUT2D eigenvalue weighted by Crippen LogP contribution is -2.37. The Morgan fingerprint density at radius 2 is 2.03 bits per heavy atom. The minimum Gasteiger partial charge on any atom is -0.344 e. The Morgan fingerprint density at radius 3 is 2.81 bits per heavy atom. The molecule has 3 heterocycles. The summed E-state index contributed by atoms with van der Waals surface area (Å²) in [6.07, 6.45) is 6.85. The summed E-state index contributed by atoms with van der Waals surface area (Å²) < 4.78 is 16.9. The zero-order chi connectivity index (χ0) is 21.8. The molecule has 8 heteroatoms. The van der Waals surface area contributed by atoms with E-state index in [1.54, 1.807) is 35.0 Å². The molecule has 1 atom stereocenters. The van der Waals surface area contributed by atoms with Gasteiger partial charge in [0, 0.05) is 18.0 Å². The molecular formula is C23H23FN6O. The summed E-state index contributed by atoms with van der Waals surface area (Å²) >= 11 is 0. The lowest BCUT2D eigenvalue weighted by Gasteiger charge is -2.36. The molecule has 0 aliphatic heterocycles. The van der Waals surface area contributed by atoms with Crippen molar-refractivity contribution in [2.24, 2.45) is 5.41 Å². The second kappa shape index (κ2) is 7.01. The monoisotopic (exact) mass is 418 g/mol. The van der Waals surface area contributed by atoms with Crippen LogP contribution in [0.1, 0.15) is 53.7 Å². The third-order valence-electron chi connectivity index (χ3n) is 5.85. The van der Waals surface area contributed by atoms with E-state index in [1.807, 2.05) is 17.8 Å². The van der Waals surface area contributed by atoms with E-state index in [9.17, 15) is 9.18 Å². The molecule has 1 aliphatic carbocycles. The van der Waals surface area contributed by atoms with Crippen LogP contribution in [0.15, 0.2) is 48.9 Å². The molecule has 0 bridgehead atoms. The summed E-state index contributed by atoms with van der Waals surface area (Å²) in [5.74, 6) is 0.0215. The van der Waals surface area contributed by atoms with Gasteiger partial charge in [-0.2, -0.15) is 5.10 Å². The van der Waals surface area contributed by atoms with Gasteiger partial charge in [0.15, 0.2) is 0 Å². The highest BCUT2D eigenvalue weighted by molar-refractivity contribution is 5.94. The number of carbonyl (C=O) groups excluding carboxylic acids is 1. The average Bonchev–Trinajstić information content (AvgIpc) is 3.27. The van der Waals surface area contributed by atoms with Gasteiger partial charge in [0.2, 0.25) is 5.78 Å². The van der Waals surface area contributed by atoms with Crippen LogP contribution in [0.3, 0.4) is 0 Å². The molecular weight excluding hydrogens is 395 g/mol. The second-order valence-corrected chi connectivity index (χ2v) is 8.84. The number of hydrogen-bond acceptors (Lipinski definition) is 4. The van der Waals surface area contributed by atoms with Gasteiger partial charge in [-0.3, -0.25) is 9.20 Å². The number of aromatic nitrogens is 5. The van der Waals surface area contributed by atoms with E-state index in [-0.39, 0.29) is 23.2 Å². The van der Waals surface area contributed by atoms with Gasteiger partial charge in [0.1, 0.15) is 11.5 Å². The smallest absolute Gasteiger partial charge is 0.270 e. The lowest BCUT2D eigenvalue weighted by molar-refractivity contribution is 0.0912. The van der Waals surface area contributed by atoms with Crippen LogP contribution in [0.25, 0.3) is 11.5 Å². The number of amides is 1. The number of fused-ring (bicyclic) bond motifs is 2. The number of nitrogens with one attached hydrogen (secondary N) is 1. The van der Waals surface area contributed by atoms with Crippen LogP contribution in [0.5, 0.6) is 0 Å². The normalized spacial score (nSPS) is 17.5. The number of rotatable bonds is 3. The molecule has 4 aromatic rings. The van der Waals surface area contributed by atoms with E-state index in [4.69, 9.17) is 0 Å². The molecule has 0 saturated heterocycles. The third-order valence-corrected chi connectivity index (χ3v) is 5.85. The molecule has 158 valence electrons. The van der Waals surface area contributed by atoms with Crippen molar-refractivity contribution >= 4 is 11.7 Å². The fourth-order valence-corrected chi connectivity index (χ4v) is 4.47. The van der Waals surface area contributed by atoms with Gasteiger partial charge in [-0.25, -0.2) is 19.0 Å². The summed E-state index contributed by atoms with van der Waals surface area (Å²) in [6.45, 7) is 6.17. The van der Waals surface area contributed by atoms with Gasteiger partial charge in [-0.15, -0.1) is 0 Å². The summed E-state index contributed by atoms with van der Waals surface area (Å²) in [7, 11) is 0. The van der Waals surface area contributed by atoms with Crippen molar-refractivity contribution < 1.29 is 9.18 Å². The maximum Gasteiger partial charge on any atom is 0.270 e. The van der Waals surface area contributed by atoms with E-state index in [0.29, 0.717) is 17.2 Å². The van der Waals surface area contributed by atoms with Crippen molar-refractivity contribution in [1.29, 1.82) is 0 Å². The molecule has 1 N–H and O–H groups in total. The first kappa shape index (κ1) is 19.4. The van der Waals surface area contributed by atoms with Gasteiger partial charge in [0.05, 0.1) is 29.3 Å². The van der Waals surface area contributed by atoms with Crippen molar-refractivity contribution in [2.75, 3.05) is 0 Å². The van der Waals surface area contributed by atoms with Crippen LogP contribution in [0.4, 0.5) is 4.39 Å². The Morgan fingerprint density at radius 1 is 1.26 bits per heavy atom. The average molecular weight is 418 g/mol. The summed E-state index contributed by atoms with van der Waals surface area (Å²) in [6, 6.07) is 7.87. The molecule has 0 fully saturated rings. The Labute approximate surface area is 179 Å². The topological polar surface area (TPSA) is 77.1 Å². The maximum absolute atomic E-state index is 13.4. The van der Waals surface area contributed by atoms with Crippen LogP contribution in [-0.4, -0.2) is 30.1 Å². The zero-order valence-corrected chi connectivity index (χ0v) is 17.6. The quantitative estimate of drug-likeness (QED) is 0.549. The molecule has 1 unspecified atom stereocenters. The van der Waals surface area contributed by atoms with E-state index in [2.05, 4.69) is 34.2 Å². The van der Waals surface area contributed by atoms with Crippen molar-refractivity contribution in [3.63, 3.8) is 0 Å². The number of imidazole rings is 1. The van der Waals surface area contributed by atoms with Gasteiger partial charge < -0.3 is 5.32 Å². The molecule has 0 spiro atoms. The predicted octanol–water partition coefficient (Wildman–Crippen LogP) is 3.81. The second-order valence-electron chi connectivity index (χ2n) is 8.84. The number of nitrogens with zero attached hydrogens (tertiary/aromatic N) is 5. The molecule has 1 aliphatic rings. The molecule has 31 heavy (non-hydrogen) atoms. The number of carbonyl (C=O) groups is 1. The first-order valence-corrected chi connectivity index (χ1v) is 10.3. The Hall–Kier alpha value is -3.55. The SMILES string of the molecule is Cc1nc2ncccn2c1C(=O)NC1CC(C)(C)Cc2c1cnn2-c1ccc(F)cc1. The highest BCUT2D eigenvalue weighted by Crippen LogP contribution is 2.41. The molecule has 7 nitrogen and oxygen atoms in total. The number of aryl methyl sites for hydroxylation is 1. The summed E-state index contributed by atoms with van der Waals surface area (Å²) in [5, 5.41) is 7.77. The van der Waals surface area contributed by atoms with E-state index in [0.717, 1.165) is 29.8 Å². The van der Waals surface area contributed by atoms with Crippen LogP contribution >= 0.6 is 0 Å². The van der Waals surface area contributed by atoms with Crippen LogP contribution < -0.4 is 5.32 Å². The maximum atomic E-state index is 13.4. The highest BCUT2D eigenvalue weighted by Gasteiger charge is 2.36. The van der Waals surface area contributed by atoms with Crippen LogP contribution in [0, 0.1) is 18.2 Å². The largest absolute Gasteiger partial charge is 0.344 e. The Kier molecular flexibility index (Phi) is 4.39. The third kappa shape index (κ3) is 3.37. The zero-order valence-electron chi connectivity index (χ0n) is 17.6. The van der Waals surface area contributed by atoms with Crippen molar-refractivity contribution in [3.05, 3.63) is 77.4 Å². The Bertz CT molecular complexity index is 1290. The van der Waals surface area contributed by atoms with Crippen molar-refractivity contribution in [1.82, 2.24) is 29.5 Å². The van der Waals surface area contributed by atoms with Gasteiger partial charge in [-0.05, 0) is 55.5 Å². The molecule has 0 radical (unpaired) electrons. The van der Waals surface area contributed by atoms with Gasteiger partial charge in [0.25, 0.3) is 5.91 Å². The summed E-state index contributed by atoms with van der Waals surface area (Å²) in [5.41, 5.74) is 3.90. The molecule has 1 aromatic carbocycles. The summed E-state index contributed by atoms with van der Waals surface area (Å²) in [4.78, 5) is 21.9. The standard InChI is InChI=1S/C23H23FN6O/c1-14-20(29-10-4-9-25-22(29)27-14)21(31)28-18-11-23(2,3)12-19-17(18)13-26-30(19)16-7-5-15(24)6-8-16/h4-10,13,18H,11-12H2,1-3H3,(H,28,31). The van der Waals surface area contributed by atoms with Crippen molar-refractivity contribution in [3.8, 4) is 5.69 Å². The fraction of sp³-hybridized carbons (Fsp3) is 0.304. The molecule has 1 amide bonds. The molecule has 0 saturated carbocycles. The first-order valence-electron chi connectivity index (χ1n) is 10.3. The van der Waals surface area contributed by atoms with Gasteiger partial charge >= 0.3 is 0 Å². The highest BCUT2D eigenvalue weighted by atomic mass is 19.1. The molecule has 5 rings (SSSR count). The number of benzene rings is 1. The Balaban J connectivity index is 1.51. The molecule has 3 aromatic heterocycles. The first-order chi connectivity index (χ1) is 14.8. The van der Waals surface area contributed by atoms with E-state index in [1.165, 1.54) is 12.1 Å².